The zero-order valence-electron chi connectivity index (χ0n) is 13.5. The third-order valence-corrected chi connectivity index (χ3v) is 6.80. The van der Waals surface area contributed by atoms with Crippen LogP contribution in [-0.4, -0.2) is 47.7 Å². The molecule has 2 atom stereocenters. The van der Waals surface area contributed by atoms with Crippen molar-refractivity contribution in [3.63, 3.8) is 0 Å². The summed E-state index contributed by atoms with van der Waals surface area (Å²) < 4.78 is 6.95. The fourth-order valence-corrected chi connectivity index (χ4v) is 5.54. The highest BCUT2D eigenvalue weighted by Crippen LogP contribution is 2.42. The summed E-state index contributed by atoms with van der Waals surface area (Å²) >= 11 is 1.78. The van der Waals surface area contributed by atoms with Crippen molar-refractivity contribution in [2.45, 2.75) is 37.4 Å². The minimum Gasteiger partial charge on any atom is -0.493 e. The first-order chi connectivity index (χ1) is 11.8. The first kappa shape index (κ1) is 13.5. The Morgan fingerprint density at radius 1 is 1.29 bits per heavy atom. The van der Waals surface area contributed by atoms with Gasteiger partial charge in [0.2, 0.25) is 0 Å². The maximum atomic E-state index is 5.69. The van der Waals surface area contributed by atoms with Gasteiger partial charge in [0.1, 0.15) is 11.6 Å². The number of fused-ring (bicyclic) bond motifs is 4. The lowest BCUT2D eigenvalue weighted by Gasteiger charge is -2.23. The number of anilines is 1. The molecule has 0 spiro atoms. The molecule has 4 heterocycles. The first-order valence-corrected chi connectivity index (χ1v) is 9.63. The van der Waals surface area contributed by atoms with E-state index in [0.717, 1.165) is 54.4 Å². The van der Waals surface area contributed by atoms with Crippen LogP contribution in [0.15, 0.2) is 24.5 Å². The SMILES string of the molecule is C=C1NC2CN(C3CC3)CC2N1c1nc2c3c(ccc2s1)OCC3. The summed E-state index contributed by atoms with van der Waals surface area (Å²) in [6.07, 6.45) is 3.71. The van der Waals surface area contributed by atoms with Gasteiger partial charge in [0.15, 0.2) is 5.13 Å². The normalized spacial score (nSPS) is 29.0. The van der Waals surface area contributed by atoms with Crippen LogP contribution < -0.4 is 15.0 Å². The second-order valence-corrected chi connectivity index (χ2v) is 8.31. The van der Waals surface area contributed by atoms with E-state index in [4.69, 9.17) is 9.72 Å². The van der Waals surface area contributed by atoms with E-state index in [0.29, 0.717) is 12.1 Å². The van der Waals surface area contributed by atoms with Gasteiger partial charge >= 0.3 is 0 Å². The molecule has 0 bridgehead atoms. The smallest absolute Gasteiger partial charge is 0.192 e. The number of nitrogens with zero attached hydrogens (tertiary/aromatic N) is 3. The maximum absolute atomic E-state index is 5.69. The number of aromatic nitrogens is 1. The molecule has 2 saturated heterocycles. The number of benzene rings is 1. The number of rotatable bonds is 2. The molecule has 6 rings (SSSR count). The van der Waals surface area contributed by atoms with Crippen LogP contribution in [0, 0.1) is 0 Å². The second-order valence-electron chi connectivity index (χ2n) is 7.30. The highest BCUT2D eigenvalue weighted by molar-refractivity contribution is 7.22. The molecule has 0 amide bonds. The second kappa shape index (κ2) is 4.64. The molecule has 1 aliphatic carbocycles. The molecule has 124 valence electrons. The summed E-state index contributed by atoms with van der Waals surface area (Å²) in [5.41, 5.74) is 2.40. The number of hydrogen-bond donors (Lipinski definition) is 1. The Kier molecular flexibility index (Phi) is 2.61. The van der Waals surface area contributed by atoms with E-state index >= 15 is 0 Å². The van der Waals surface area contributed by atoms with E-state index in [1.165, 1.54) is 23.1 Å². The van der Waals surface area contributed by atoms with Crippen molar-refractivity contribution < 1.29 is 4.74 Å². The minimum atomic E-state index is 0.461. The Balaban J connectivity index is 1.39. The van der Waals surface area contributed by atoms with Gasteiger partial charge in [-0.05, 0) is 25.0 Å². The van der Waals surface area contributed by atoms with Crippen molar-refractivity contribution in [3.8, 4) is 5.75 Å². The Morgan fingerprint density at radius 2 is 2.21 bits per heavy atom. The average molecular weight is 340 g/mol. The molecular formula is C18H20N4OS. The Hall–Kier alpha value is -1.79. The third-order valence-electron chi connectivity index (χ3n) is 5.78. The topological polar surface area (TPSA) is 40.6 Å². The van der Waals surface area contributed by atoms with E-state index in [9.17, 15) is 0 Å². The fourth-order valence-electron chi connectivity index (χ4n) is 4.46. The van der Waals surface area contributed by atoms with Crippen LogP contribution in [-0.2, 0) is 6.42 Å². The zero-order valence-corrected chi connectivity index (χ0v) is 14.3. The summed E-state index contributed by atoms with van der Waals surface area (Å²) in [5, 5.41) is 4.68. The number of hydrogen-bond acceptors (Lipinski definition) is 6. The van der Waals surface area contributed by atoms with Crippen LogP contribution in [0.2, 0.25) is 0 Å². The highest BCUT2D eigenvalue weighted by Gasteiger charge is 2.47. The van der Waals surface area contributed by atoms with Crippen molar-refractivity contribution in [2.75, 3.05) is 24.6 Å². The first-order valence-electron chi connectivity index (χ1n) is 8.82. The monoisotopic (exact) mass is 340 g/mol. The van der Waals surface area contributed by atoms with E-state index in [2.05, 4.69) is 33.8 Å². The number of thiazole rings is 1. The van der Waals surface area contributed by atoms with Gasteiger partial charge < -0.3 is 10.1 Å². The van der Waals surface area contributed by atoms with Crippen molar-refractivity contribution in [3.05, 3.63) is 30.1 Å². The van der Waals surface area contributed by atoms with Crippen molar-refractivity contribution in [2.24, 2.45) is 0 Å². The molecule has 0 radical (unpaired) electrons. The summed E-state index contributed by atoms with van der Waals surface area (Å²) in [7, 11) is 0. The van der Waals surface area contributed by atoms with Crippen LogP contribution in [0.4, 0.5) is 5.13 Å². The van der Waals surface area contributed by atoms with Gasteiger partial charge in [0.25, 0.3) is 0 Å². The largest absolute Gasteiger partial charge is 0.493 e. The molecule has 1 aromatic heterocycles. The molecule has 1 saturated carbocycles. The van der Waals surface area contributed by atoms with Gasteiger partial charge in [-0.25, -0.2) is 4.98 Å². The van der Waals surface area contributed by atoms with Crippen molar-refractivity contribution >= 4 is 26.7 Å². The molecule has 2 aromatic rings. The van der Waals surface area contributed by atoms with Crippen molar-refractivity contribution in [1.29, 1.82) is 0 Å². The maximum Gasteiger partial charge on any atom is 0.192 e. The van der Waals surface area contributed by atoms with Crippen LogP contribution in [0.1, 0.15) is 18.4 Å². The van der Waals surface area contributed by atoms with Crippen molar-refractivity contribution in [1.82, 2.24) is 15.2 Å². The standard InChI is InChI=1S/C18H20N4OS/c1-10-19-13-8-21(11-2-3-11)9-14(13)22(10)18-20-17-12-6-7-23-15(12)4-5-16(17)24-18/h4-5,11,13-14,19H,1-3,6-9H2. The van der Waals surface area contributed by atoms with E-state index < -0.39 is 0 Å². The number of ether oxygens (including phenoxy) is 1. The van der Waals surface area contributed by atoms with E-state index in [-0.39, 0.29) is 0 Å². The van der Waals surface area contributed by atoms with Gasteiger partial charge in [0, 0.05) is 31.1 Å². The molecule has 3 fully saturated rings. The predicted octanol–water partition coefficient (Wildman–Crippen LogP) is 2.33. The number of nitrogens with one attached hydrogen (secondary N) is 1. The lowest BCUT2D eigenvalue weighted by Crippen LogP contribution is -2.35. The average Bonchev–Trinajstić information content (AvgIpc) is 2.92. The zero-order chi connectivity index (χ0) is 15.8. The highest BCUT2D eigenvalue weighted by atomic mass is 32.1. The van der Waals surface area contributed by atoms with E-state index in [1.807, 2.05) is 0 Å². The molecule has 2 unspecified atom stereocenters. The van der Waals surface area contributed by atoms with Crippen LogP contribution in [0.5, 0.6) is 5.75 Å². The molecule has 1 aromatic carbocycles. The summed E-state index contributed by atoms with van der Waals surface area (Å²) in [6.45, 7) is 7.30. The summed E-state index contributed by atoms with van der Waals surface area (Å²) in [6, 6.07) is 6.01. The quantitative estimate of drug-likeness (QED) is 0.909. The predicted molar refractivity (Wildman–Crippen MR) is 95.7 cm³/mol. The fraction of sp³-hybridized carbons (Fsp3) is 0.500. The van der Waals surface area contributed by atoms with Crippen LogP contribution in [0.3, 0.4) is 0 Å². The Labute approximate surface area is 144 Å². The van der Waals surface area contributed by atoms with Gasteiger partial charge in [-0.15, -0.1) is 0 Å². The number of likely N-dealkylation sites (tertiary alicyclic amines) is 1. The minimum absolute atomic E-state index is 0.461. The van der Waals surface area contributed by atoms with Gasteiger partial charge in [-0.1, -0.05) is 17.9 Å². The molecular weight excluding hydrogens is 320 g/mol. The van der Waals surface area contributed by atoms with Gasteiger partial charge in [-0.2, -0.15) is 0 Å². The summed E-state index contributed by atoms with van der Waals surface area (Å²) in [5.74, 6) is 2.02. The van der Waals surface area contributed by atoms with Crippen LogP contribution in [0.25, 0.3) is 10.2 Å². The van der Waals surface area contributed by atoms with Gasteiger partial charge in [-0.3, -0.25) is 9.80 Å². The molecule has 4 aliphatic rings. The van der Waals surface area contributed by atoms with Crippen LogP contribution >= 0.6 is 11.3 Å². The lowest BCUT2D eigenvalue weighted by atomic mass is 10.1. The third kappa shape index (κ3) is 1.81. The Morgan fingerprint density at radius 3 is 3.08 bits per heavy atom. The molecule has 24 heavy (non-hydrogen) atoms. The Bertz CT molecular complexity index is 858. The lowest BCUT2D eigenvalue weighted by molar-refractivity contribution is 0.314. The molecule has 6 heteroatoms. The summed E-state index contributed by atoms with van der Waals surface area (Å²) in [4.78, 5) is 9.99. The van der Waals surface area contributed by atoms with E-state index in [1.54, 1.807) is 11.3 Å². The molecule has 5 nitrogen and oxygen atoms in total. The molecule has 1 N–H and O–H groups in total. The van der Waals surface area contributed by atoms with Gasteiger partial charge in [0.05, 0.1) is 28.9 Å². The molecule has 3 aliphatic heterocycles.